The number of phenols is 3. The third kappa shape index (κ3) is 15.1. The molecule has 418 valence electrons. The van der Waals surface area contributed by atoms with Crippen LogP contribution in [0, 0.1) is 11.8 Å². The van der Waals surface area contributed by atoms with Crippen molar-refractivity contribution in [2.45, 2.75) is 85.1 Å². The van der Waals surface area contributed by atoms with E-state index in [1.54, 1.807) is 0 Å². The molecule has 5 fully saturated rings. The van der Waals surface area contributed by atoms with Gasteiger partial charge < -0.3 is 44.7 Å². The zero-order chi connectivity index (χ0) is 53.4. The van der Waals surface area contributed by atoms with Gasteiger partial charge in [-0.15, -0.1) is 0 Å². The van der Waals surface area contributed by atoms with E-state index in [1.807, 2.05) is 0 Å². The van der Waals surface area contributed by atoms with E-state index < -0.39 is 5.41 Å². The summed E-state index contributed by atoms with van der Waals surface area (Å²) in [5, 5.41) is 38.0. The first-order valence-corrected chi connectivity index (χ1v) is 29.2. The number of hydrogen-bond donors (Lipinski definition) is 3. The van der Waals surface area contributed by atoms with Gasteiger partial charge in [-0.3, -0.25) is 24.5 Å². The molecule has 5 heterocycles. The van der Waals surface area contributed by atoms with Gasteiger partial charge in [-0.25, -0.2) is 0 Å². The van der Waals surface area contributed by atoms with Gasteiger partial charge in [0.1, 0.15) is 17.2 Å². The Bertz CT molecular complexity index is 2080. The summed E-state index contributed by atoms with van der Waals surface area (Å²) in [5.41, 5.74) is 8.64. The Morgan fingerprint density at radius 3 is 0.933 bits per heavy atom. The van der Waals surface area contributed by atoms with Crippen LogP contribution in [0.2, 0.25) is 0 Å². The van der Waals surface area contributed by atoms with E-state index in [-0.39, 0.29) is 0 Å². The Hall–Kier alpha value is -3.38. The molecular weight excluding hydrogens is 935 g/mol. The molecule has 0 bridgehead atoms. The Balaban J connectivity index is 1.33. The molecule has 5 saturated heterocycles. The lowest BCUT2D eigenvalue weighted by molar-refractivity contribution is 0.144. The summed E-state index contributed by atoms with van der Waals surface area (Å²) >= 11 is 0. The molecule has 0 aliphatic carbocycles. The molecule has 3 N–H and O–H groups in total. The van der Waals surface area contributed by atoms with Gasteiger partial charge >= 0.3 is 0 Å². The third-order valence-corrected chi connectivity index (χ3v) is 18.6. The molecule has 5 aliphatic heterocycles. The van der Waals surface area contributed by atoms with Gasteiger partial charge in [0.25, 0.3) is 0 Å². The van der Waals surface area contributed by atoms with Gasteiger partial charge in [0, 0.05) is 197 Å². The van der Waals surface area contributed by atoms with Crippen LogP contribution in [-0.2, 0) is 44.6 Å². The highest BCUT2D eigenvalue weighted by Crippen LogP contribution is 2.47. The monoisotopic (exact) mass is 1040 g/mol. The molecule has 8 rings (SSSR count). The molecule has 75 heavy (non-hydrogen) atoms. The number of likely N-dealkylation sites (N-methyl/N-ethyl adjacent to an activating group) is 5. The van der Waals surface area contributed by atoms with Crippen molar-refractivity contribution >= 4 is 0 Å². The van der Waals surface area contributed by atoms with Gasteiger partial charge in [-0.05, 0) is 146 Å². The molecule has 0 aromatic heterocycles. The first kappa shape index (κ1) is 57.8. The standard InChI is InChI=1S/C61H101N11O3/c1-11-13-62(5)14-12-47(2)48(3)35-49-36-55(37-50(58(49)73)42-68-25-15-63(6)16-26-68)61(4,56-38-51(43-69-27-17-64(7)18-28-69)59(74)52(39-56)44-70-29-19-65(8)20-30-70)57-40-53(45-71-31-21-66(9)22-32-71)60(75)54(41-57)46-72-33-23-67(10)24-34-72/h36-41,47-48,73-75H,11-35,42-46H2,1-10H3. The average Bonchev–Trinajstić information content (AvgIpc) is 3.40. The molecule has 14 nitrogen and oxygen atoms in total. The molecule has 0 spiro atoms. The minimum absolute atomic E-state index is 0.349. The second kappa shape index (κ2) is 26.5. The number of benzene rings is 3. The lowest BCUT2D eigenvalue weighted by Gasteiger charge is -2.38. The van der Waals surface area contributed by atoms with E-state index in [1.165, 1.54) is 0 Å². The fourth-order valence-corrected chi connectivity index (χ4v) is 12.4. The van der Waals surface area contributed by atoms with E-state index in [4.69, 9.17) is 0 Å². The fourth-order valence-electron chi connectivity index (χ4n) is 12.4. The Labute approximate surface area is 454 Å². The maximum Gasteiger partial charge on any atom is 0.124 e. The van der Waals surface area contributed by atoms with E-state index in [0.717, 1.165) is 213 Å². The maximum absolute atomic E-state index is 12.7. The summed E-state index contributed by atoms with van der Waals surface area (Å²) in [6.45, 7) is 34.6. The molecule has 2 atom stereocenters. The average molecular weight is 1040 g/mol. The predicted octanol–water partition coefficient (Wildman–Crippen LogP) is 5.44. The topological polar surface area (TPSA) is 96.3 Å². The largest absolute Gasteiger partial charge is 0.507 e. The molecule has 14 heteroatoms. The van der Waals surface area contributed by atoms with Gasteiger partial charge in [0.15, 0.2) is 0 Å². The smallest absolute Gasteiger partial charge is 0.124 e. The summed E-state index contributed by atoms with van der Waals surface area (Å²) < 4.78 is 0. The van der Waals surface area contributed by atoms with Crippen molar-refractivity contribution in [3.8, 4) is 17.2 Å². The first-order chi connectivity index (χ1) is 35.9. The Morgan fingerprint density at radius 2 is 0.667 bits per heavy atom. The zero-order valence-electron chi connectivity index (χ0n) is 48.6. The number of nitrogens with zero attached hydrogens (tertiary/aromatic N) is 11. The summed E-state index contributed by atoms with van der Waals surface area (Å²) in [7, 11) is 13.3. The number of rotatable bonds is 21. The minimum atomic E-state index is -0.750. The van der Waals surface area contributed by atoms with Crippen LogP contribution in [-0.4, -0.2) is 255 Å². The van der Waals surface area contributed by atoms with Crippen molar-refractivity contribution < 1.29 is 15.3 Å². The van der Waals surface area contributed by atoms with Crippen LogP contribution in [0.3, 0.4) is 0 Å². The van der Waals surface area contributed by atoms with E-state index >= 15 is 0 Å². The minimum Gasteiger partial charge on any atom is -0.507 e. The van der Waals surface area contributed by atoms with Crippen LogP contribution >= 0.6 is 0 Å². The molecule has 0 saturated carbocycles. The lowest BCUT2D eigenvalue weighted by Crippen LogP contribution is -2.44. The number of phenolic OH excluding ortho intramolecular Hbond substituents is 3. The molecule has 2 unspecified atom stereocenters. The fraction of sp³-hybridized carbons (Fsp3) is 0.705. The van der Waals surface area contributed by atoms with Crippen molar-refractivity contribution in [3.63, 3.8) is 0 Å². The second-order valence-corrected chi connectivity index (χ2v) is 24.7. The highest BCUT2D eigenvalue weighted by Gasteiger charge is 2.37. The van der Waals surface area contributed by atoms with Crippen molar-refractivity contribution in [1.29, 1.82) is 0 Å². The van der Waals surface area contributed by atoms with Crippen LogP contribution in [0.15, 0.2) is 36.4 Å². The van der Waals surface area contributed by atoms with Crippen LogP contribution in [0.1, 0.15) is 90.6 Å². The maximum atomic E-state index is 12.7. The first-order valence-electron chi connectivity index (χ1n) is 29.2. The summed E-state index contributed by atoms with van der Waals surface area (Å²) in [4.78, 5) is 27.1. The number of hydrogen-bond acceptors (Lipinski definition) is 14. The third-order valence-electron chi connectivity index (χ3n) is 18.6. The summed E-state index contributed by atoms with van der Waals surface area (Å²) in [6, 6.07) is 14.1. The second-order valence-electron chi connectivity index (χ2n) is 24.7. The van der Waals surface area contributed by atoms with Crippen molar-refractivity contribution in [1.82, 2.24) is 53.9 Å². The predicted molar refractivity (Wildman–Crippen MR) is 308 cm³/mol. The van der Waals surface area contributed by atoms with Crippen LogP contribution in [0.4, 0.5) is 0 Å². The number of aromatic hydroxyl groups is 3. The molecule has 3 aromatic carbocycles. The normalized spacial score (nSPS) is 21.6. The molecule has 0 radical (unpaired) electrons. The van der Waals surface area contributed by atoms with Crippen LogP contribution in [0.25, 0.3) is 0 Å². The van der Waals surface area contributed by atoms with E-state index in [0.29, 0.717) is 61.8 Å². The molecule has 3 aromatic rings. The Kier molecular flexibility index (Phi) is 20.4. The van der Waals surface area contributed by atoms with Crippen molar-refractivity contribution in [2.24, 2.45) is 11.8 Å². The van der Waals surface area contributed by atoms with Gasteiger partial charge in [-0.2, -0.15) is 0 Å². The zero-order valence-corrected chi connectivity index (χ0v) is 48.6. The highest BCUT2D eigenvalue weighted by molar-refractivity contribution is 5.60. The molecule has 0 amide bonds. The quantitative estimate of drug-likeness (QED) is 0.118. The van der Waals surface area contributed by atoms with Gasteiger partial charge in [0.05, 0.1) is 0 Å². The van der Waals surface area contributed by atoms with E-state index in [9.17, 15) is 15.3 Å². The SMILES string of the molecule is CCCN(C)CCC(C)C(C)Cc1cc(C(C)(c2cc(CN3CCN(C)CC3)c(O)c(CN3CCN(C)CC3)c2)c2cc(CN3CCN(C)CC3)c(O)c(CN3CCN(C)CC3)c2)cc(CN2CCN(C)CC2)c1O. The lowest BCUT2D eigenvalue weighted by atomic mass is 9.68. The van der Waals surface area contributed by atoms with Crippen molar-refractivity contribution in [3.05, 3.63) is 86.5 Å². The van der Waals surface area contributed by atoms with Gasteiger partial charge in [-0.1, -0.05) is 26.8 Å². The van der Waals surface area contributed by atoms with Crippen LogP contribution in [0.5, 0.6) is 17.2 Å². The summed E-state index contributed by atoms with van der Waals surface area (Å²) in [5.74, 6) is 2.10. The van der Waals surface area contributed by atoms with Crippen molar-refractivity contribution in [2.75, 3.05) is 186 Å². The Morgan fingerprint density at radius 1 is 0.413 bits per heavy atom. The van der Waals surface area contributed by atoms with E-state index in [2.05, 4.69) is 160 Å². The molecule has 5 aliphatic rings. The highest BCUT2D eigenvalue weighted by atomic mass is 16.3. The van der Waals surface area contributed by atoms with Crippen LogP contribution < -0.4 is 0 Å². The van der Waals surface area contributed by atoms with Gasteiger partial charge in [0.2, 0.25) is 0 Å². The molecular formula is C61H101N11O3. The number of piperazine rings is 5. The summed E-state index contributed by atoms with van der Waals surface area (Å²) in [6.07, 6.45) is 3.05.